The van der Waals surface area contributed by atoms with Gasteiger partial charge in [0.1, 0.15) is 5.00 Å². The van der Waals surface area contributed by atoms with E-state index in [1.807, 2.05) is 7.05 Å². The van der Waals surface area contributed by atoms with Crippen molar-refractivity contribution in [3.05, 3.63) is 45.8 Å². The first-order chi connectivity index (χ1) is 15.6. The van der Waals surface area contributed by atoms with Crippen LogP contribution in [0.5, 0.6) is 0 Å². The second kappa shape index (κ2) is 10.00. The van der Waals surface area contributed by atoms with Crippen LogP contribution in [0.3, 0.4) is 0 Å². The summed E-state index contributed by atoms with van der Waals surface area (Å²) in [7, 11) is -1.68. The van der Waals surface area contributed by atoms with E-state index in [1.165, 1.54) is 39.9 Å². The van der Waals surface area contributed by atoms with Crippen LogP contribution < -0.4 is 16.4 Å². The van der Waals surface area contributed by atoms with Gasteiger partial charge < -0.3 is 16.0 Å². The van der Waals surface area contributed by atoms with E-state index in [0.29, 0.717) is 31.1 Å². The summed E-state index contributed by atoms with van der Waals surface area (Å²) < 4.78 is 26.6. The monoisotopic (exact) mass is 493 g/mol. The number of sulfonamides is 1. The van der Waals surface area contributed by atoms with E-state index >= 15 is 0 Å². The number of hydrogen-bond acceptors (Lipinski definition) is 7. The highest BCUT2D eigenvalue weighted by Gasteiger charge is 2.29. The Balaban J connectivity index is 1.88. The van der Waals surface area contributed by atoms with Gasteiger partial charge in [-0.2, -0.15) is 4.31 Å². The van der Waals surface area contributed by atoms with Gasteiger partial charge in [0.2, 0.25) is 10.0 Å². The Hall–Kier alpha value is -2.80. The van der Waals surface area contributed by atoms with Crippen LogP contribution in [0.4, 0.5) is 9.80 Å². The maximum absolute atomic E-state index is 12.9. The summed E-state index contributed by atoms with van der Waals surface area (Å²) in [5, 5.41) is 5.14. The molecule has 0 atom stereocenters. The summed E-state index contributed by atoms with van der Waals surface area (Å²) in [6.45, 7) is 5.55. The second-order valence-electron chi connectivity index (χ2n) is 7.58. The maximum atomic E-state index is 12.9. The predicted molar refractivity (Wildman–Crippen MR) is 126 cm³/mol. The number of carbonyl (C=O) groups excluding carboxylic acids is 3. The van der Waals surface area contributed by atoms with Crippen LogP contribution in [0.15, 0.2) is 29.2 Å². The lowest BCUT2D eigenvalue weighted by atomic mass is 10.0. The van der Waals surface area contributed by atoms with Gasteiger partial charge in [-0.05, 0) is 43.3 Å². The minimum Gasteiger partial charge on any atom is -0.351 e. The number of nitrogens with zero attached hydrogens (tertiary/aromatic N) is 2. The number of nitrogens with two attached hydrogens (primary N) is 1. The number of imide groups is 1. The molecule has 0 saturated heterocycles. The molecule has 1 aromatic carbocycles. The molecule has 4 N–H and O–H groups in total. The highest BCUT2D eigenvalue weighted by atomic mass is 32.2. The molecule has 10 nitrogen and oxygen atoms in total. The van der Waals surface area contributed by atoms with Crippen molar-refractivity contribution in [1.29, 1.82) is 0 Å². The van der Waals surface area contributed by atoms with Gasteiger partial charge in [-0.15, -0.1) is 11.3 Å². The third kappa shape index (κ3) is 5.24. The molecule has 0 bridgehead atoms. The zero-order chi connectivity index (χ0) is 24.3. The zero-order valence-corrected chi connectivity index (χ0v) is 20.3. The quantitative estimate of drug-likeness (QED) is 0.537. The summed E-state index contributed by atoms with van der Waals surface area (Å²) in [6, 6.07) is 4.65. The first-order valence-corrected chi connectivity index (χ1v) is 12.7. The molecule has 178 valence electrons. The van der Waals surface area contributed by atoms with E-state index in [0.717, 1.165) is 17.0 Å². The lowest BCUT2D eigenvalue weighted by molar-refractivity contribution is 0.0966. The number of primary amides is 1. The van der Waals surface area contributed by atoms with Gasteiger partial charge >= 0.3 is 6.03 Å². The summed E-state index contributed by atoms with van der Waals surface area (Å²) in [4.78, 5) is 39.9. The molecule has 1 aromatic heterocycles. The Bertz CT molecular complexity index is 1170. The van der Waals surface area contributed by atoms with E-state index in [1.54, 1.807) is 13.8 Å². The molecule has 4 amide bonds. The number of nitrogens with one attached hydrogen (secondary N) is 2. The topological polar surface area (TPSA) is 142 Å². The molecular formula is C21H27N5O5S2. The normalized spacial score (nSPS) is 14.1. The van der Waals surface area contributed by atoms with Gasteiger partial charge in [-0.25, -0.2) is 13.2 Å². The highest BCUT2D eigenvalue weighted by Crippen LogP contribution is 2.37. The fraction of sp³-hybridized carbons (Fsp3) is 0.381. The van der Waals surface area contributed by atoms with Crippen molar-refractivity contribution in [2.24, 2.45) is 5.73 Å². The minimum atomic E-state index is -3.64. The standard InChI is InChI=1S/C21H27N5O5S2/c1-4-26(5-2)33(30,31)14-8-6-13(7-9-14)18(27)23-20-17(19(28)24-21(22)29)15-10-11-25(3)12-16(15)32-20/h6-9H,4-5,10-12H2,1-3H3,(H,23,27)(H3,22,24,28,29). The first-order valence-electron chi connectivity index (χ1n) is 10.4. The van der Waals surface area contributed by atoms with Crippen molar-refractivity contribution < 1.29 is 22.8 Å². The van der Waals surface area contributed by atoms with E-state index in [-0.39, 0.29) is 16.0 Å². The van der Waals surface area contributed by atoms with Gasteiger partial charge in [0, 0.05) is 36.6 Å². The fourth-order valence-corrected chi connectivity index (χ4v) is 6.48. The van der Waals surface area contributed by atoms with Gasteiger partial charge in [-0.3, -0.25) is 14.9 Å². The van der Waals surface area contributed by atoms with Crippen molar-refractivity contribution in [2.45, 2.75) is 31.7 Å². The maximum Gasteiger partial charge on any atom is 0.319 e. The third-order valence-electron chi connectivity index (χ3n) is 5.40. The molecule has 2 heterocycles. The van der Waals surface area contributed by atoms with Crippen molar-refractivity contribution in [2.75, 3.05) is 32.0 Å². The number of carbonyl (C=O) groups is 3. The second-order valence-corrected chi connectivity index (χ2v) is 10.6. The summed E-state index contributed by atoms with van der Waals surface area (Å²) in [5.74, 6) is -1.16. The fourth-order valence-electron chi connectivity index (χ4n) is 3.70. The summed E-state index contributed by atoms with van der Waals surface area (Å²) in [5.41, 5.74) is 6.37. The van der Waals surface area contributed by atoms with Crippen LogP contribution in [0.25, 0.3) is 0 Å². The van der Waals surface area contributed by atoms with Gasteiger partial charge in [0.15, 0.2) is 0 Å². The molecule has 33 heavy (non-hydrogen) atoms. The number of rotatable bonds is 7. The number of benzene rings is 1. The first kappa shape index (κ1) is 24.8. The minimum absolute atomic E-state index is 0.0962. The predicted octanol–water partition coefficient (Wildman–Crippen LogP) is 1.83. The van der Waals surface area contributed by atoms with Crippen molar-refractivity contribution >= 4 is 44.2 Å². The van der Waals surface area contributed by atoms with Crippen LogP contribution in [0.1, 0.15) is 45.0 Å². The van der Waals surface area contributed by atoms with Crippen molar-refractivity contribution in [1.82, 2.24) is 14.5 Å². The molecule has 0 spiro atoms. The van der Waals surface area contributed by atoms with Crippen LogP contribution >= 0.6 is 11.3 Å². The largest absolute Gasteiger partial charge is 0.351 e. The van der Waals surface area contributed by atoms with Gasteiger partial charge in [0.05, 0.1) is 10.5 Å². The Labute approximate surface area is 196 Å². The Morgan fingerprint density at radius 3 is 2.33 bits per heavy atom. The molecule has 1 aliphatic rings. The summed E-state index contributed by atoms with van der Waals surface area (Å²) >= 11 is 1.27. The zero-order valence-electron chi connectivity index (χ0n) is 18.7. The molecule has 0 radical (unpaired) electrons. The van der Waals surface area contributed by atoms with E-state index in [4.69, 9.17) is 5.73 Å². The van der Waals surface area contributed by atoms with E-state index < -0.39 is 27.9 Å². The molecule has 3 rings (SSSR count). The Kier molecular flexibility index (Phi) is 7.52. The number of amides is 4. The number of hydrogen-bond donors (Lipinski definition) is 3. The molecule has 0 fully saturated rings. The average Bonchev–Trinajstić information content (AvgIpc) is 3.10. The highest BCUT2D eigenvalue weighted by molar-refractivity contribution is 7.89. The number of likely N-dealkylation sites (N-methyl/N-ethyl adjacent to an activating group) is 1. The summed E-state index contributed by atoms with van der Waals surface area (Å²) in [6.07, 6.45) is 0.595. The third-order valence-corrected chi connectivity index (χ3v) is 8.59. The molecule has 2 aromatic rings. The molecule has 1 aliphatic heterocycles. The molecule has 0 unspecified atom stereocenters. The SMILES string of the molecule is CCN(CC)S(=O)(=O)c1ccc(C(=O)Nc2sc3c(c2C(=O)NC(N)=O)CCN(C)C3)cc1. The number of anilines is 1. The van der Waals surface area contributed by atoms with Crippen LogP contribution in [0.2, 0.25) is 0 Å². The van der Waals surface area contributed by atoms with Crippen molar-refractivity contribution in [3.63, 3.8) is 0 Å². The number of thiophene rings is 1. The van der Waals surface area contributed by atoms with Gasteiger partial charge in [0.25, 0.3) is 11.8 Å². The average molecular weight is 494 g/mol. The molecule has 0 saturated carbocycles. The van der Waals surface area contributed by atoms with Crippen molar-refractivity contribution in [3.8, 4) is 0 Å². The van der Waals surface area contributed by atoms with E-state index in [9.17, 15) is 22.8 Å². The number of fused-ring (bicyclic) bond motifs is 1. The molecule has 0 aliphatic carbocycles. The molecular weight excluding hydrogens is 466 g/mol. The Morgan fingerprint density at radius 1 is 1.12 bits per heavy atom. The van der Waals surface area contributed by atoms with Gasteiger partial charge in [-0.1, -0.05) is 13.8 Å². The van der Waals surface area contributed by atoms with Crippen LogP contribution in [-0.2, 0) is 23.0 Å². The van der Waals surface area contributed by atoms with Crippen LogP contribution in [0, 0.1) is 0 Å². The lowest BCUT2D eigenvalue weighted by Crippen LogP contribution is -2.36. The Morgan fingerprint density at radius 2 is 1.76 bits per heavy atom. The number of urea groups is 1. The lowest BCUT2D eigenvalue weighted by Gasteiger charge is -2.22. The smallest absolute Gasteiger partial charge is 0.319 e. The van der Waals surface area contributed by atoms with E-state index in [2.05, 4.69) is 15.5 Å². The molecule has 12 heteroatoms. The van der Waals surface area contributed by atoms with Crippen LogP contribution in [-0.4, -0.2) is 62.2 Å².